The van der Waals surface area contributed by atoms with E-state index in [0.29, 0.717) is 18.6 Å². The number of aliphatic hydroxyl groups excluding tert-OH is 1. The summed E-state index contributed by atoms with van der Waals surface area (Å²) in [6.07, 6.45) is 10.2. The fourth-order valence-corrected chi connectivity index (χ4v) is 5.44. The van der Waals surface area contributed by atoms with Crippen LogP contribution in [-0.4, -0.2) is 92.5 Å². The fourth-order valence-electron chi connectivity index (χ4n) is 4.18. The van der Waals surface area contributed by atoms with Crippen molar-refractivity contribution in [2.45, 2.75) is 94.7 Å². The Labute approximate surface area is 270 Å². The van der Waals surface area contributed by atoms with Gasteiger partial charge in [-0.25, -0.2) is 4.79 Å². The number of rotatable bonds is 18. The van der Waals surface area contributed by atoms with E-state index in [4.69, 9.17) is 5.11 Å². The number of carboxylic acid groups (broad SMARTS) is 2. The molecule has 2 aromatic carbocycles. The number of aryl methyl sites for hydroxylation is 1. The third-order valence-corrected chi connectivity index (χ3v) is 7.67. The molecule has 196 valence electrons. The summed E-state index contributed by atoms with van der Waals surface area (Å²) >= 11 is 1.56. The van der Waals surface area contributed by atoms with Crippen LogP contribution >= 0.6 is 11.8 Å². The van der Waals surface area contributed by atoms with E-state index in [-0.39, 0.29) is 76.3 Å². The number of unbranched alkanes of at least 4 members (excludes halogenated alkanes) is 6. The van der Waals surface area contributed by atoms with E-state index < -0.39 is 18.0 Å². The van der Waals surface area contributed by atoms with Gasteiger partial charge >= 0.3 is 71.1 Å². The van der Waals surface area contributed by atoms with Gasteiger partial charge in [0, 0.05) is 12.2 Å². The maximum absolute atomic E-state index is 11.3. The summed E-state index contributed by atoms with van der Waals surface area (Å²) in [6, 6.07) is 15.3. The van der Waals surface area contributed by atoms with E-state index in [9.17, 15) is 19.8 Å². The molecule has 0 aromatic heterocycles. The normalized spacial score (nSPS) is 12.2. The molecule has 0 spiro atoms. The molecule has 2 aromatic rings. The first-order chi connectivity index (χ1) is 16.9. The number of aromatic carboxylic acids is 1. The van der Waals surface area contributed by atoms with Gasteiger partial charge in [0.2, 0.25) is 0 Å². The standard InChI is InChI=1S/C29H40O5S.2Na.2H/c1-2-3-4-5-6-7-8-11-22-16-18-24(19-17-22)28(26(30)14-10-15-27(31)32)35-21-23-12-9-13-25(20-23)29(33)34;;;;/h9,12-13,16-20,26,28,30H,2-8,10-11,14-15,21H2,1H3,(H,31,32)(H,33,34);;;;. The Morgan fingerprint density at radius 2 is 1.49 bits per heavy atom. The molecular formula is C29H42Na2O5S. The van der Waals surface area contributed by atoms with Crippen molar-refractivity contribution in [2.24, 2.45) is 0 Å². The molecule has 0 saturated heterocycles. The summed E-state index contributed by atoms with van der Waals surface area (Å²) in [4.78, 5) is 22.2. The number of carbonyl (C=O) groups is 2. The Bertz CT molecular complexity index is 907. The number of aliphatic hydroxyl groups is 1. The summed E-state index contributed by atoms with van der Waals surface area (Å²) in [6.45, 7) is 2.23. The van der Waals surface area contributed by atoms with Crippen LogP contribution in [0.1, 0.15) is 103 Å². The molecule has 37 heavy (non-hydrogen) atoms. The van der Waals surface area contributed by atoms with Crippen LogP contribution < -0.4 is 0 Å². The Kier molecular flexibility index (Phi) is 21.3. The second-order valence-electron chi connectivity index (χ2n) is 9.20. The Hall–Kier alpha value is -0.310. The van der Waals surface area contributed by atoms with Gasteiger partial charge in [0.15, 0.2) is 0 Å². The predicted molar refractivity (Wildman–Crippen MR) is 157 cm³/mol. The summed E-state index contributed by atoms with van der Waals surface area (Å²) in [5, 5.41) is 28.9. The van der Waals surface area contributed by atoms with Gasteiger partial charge in [-0.3, -0.25) is 4.79 Å². The van der Waals surface area contributed by atoms with Gasteiger partial charge in [0.1, 0.15) is 0 Å². The number of carboxylic acids is 2. The van der Waals surface area contributed by atoms with Crippen molar-refractivity contribution in [3.63, 3.8) is 0 Å². The average Bonchev–Trinajstić information content (AvgIpc) is 2.84. The monoisotopic (exact) mass is 548 g/mol. The molecule has 3 N–H and O–H groups in total. The first-order valence-corrected chi connectivity index (χ1v) is 13.9. The number of hydrogen-bond acceptors (Lipinski definition) is 4. The zero-order valence-corrected chi connectivity index (χ0v) is 21.6. The van der Waals surface area contributed by atoms with Gasteiger partial charge in [-0.15, -0.1) is 11.8 Å². The zero-order chi connectivity index (χ0) is 25.5. The molecule has 0 saturated carbocycles. The quantitative estimate of drug-likeness (QED) is 0.157. The van der Waals surface area contributed by atoms with E-state index in [1.807, 2.05) is 6.07 Å². The van der Waals surface area contributed by atoms with Crippen LogP contribution in [0.25, 0.3) is 0 Å². The van der Waals surface area contributed by atoms with Crippen molar-refractivity contribution in [3.05, 3.63) is 70.8 Å². The van der Waals surface area contributed by atoms with Gasteiger partial charge in [-0.2, -0.15) is 0 Å². The second-order valence-corrected chi connectivity index (χ2v) is 10.3. The summed E-state index contributed by atoms with van der Waals surface area (Å²) in [5.74, 6) is -1.26. The molecule has 0 aliphatic heterocycles. The molecule has 2 rings (SSSR count). The Balaban J connectivity index is 0.00000648. The van der Waals surface area contributed by atoms with E-state index in [1.165, 1.54) is 50.5 Å². The first-order valence-electron chi connectivity index (χ1n) is 12.8. The third kappa shape index (κ3) is 15.2. The number of thioether (sulfide) groups is 1. The molecule has 0 aliphatic carbocycles. The molecule has 2 unspecified atom stereocenters. The van der Waals surface area contributed by atoms with Gasteiger partial charge in [-0.05, 0) is 54.5 Å². The van der Waals surface area contributed by atoms with Crippen LogP contribution in [0.15, 0.2) is 48.5 Å². The molecule has 0 radical (unpaired) electrons. The van der Waals surface area contributed by atoms with Crippen LogP contribution in [-0.2, 0) is 17.0 Å². The Morgan fingerprint density at radius 1 is 0.838 bits per heavy atom. The molecule has 0 amide bonds. The van der Waals surface area contributed by atoms with Crippen molar-refractivity contribution in [3.8, 4) is 0 Å². The summed E-state index contributed by atoms with van der Waals surface area (Å²) in [5.41, 5.74) is 3.43. The minimum absolute atomic E-state index is 0. The van der Waals surface area contributed by atoms with Crippen LogP contribution in [0.4, 0.5) is 0 Å². The summed E-state index contributed by atoms with van der Waals surface area (Å²) in [7, 11) is 0. The molecule has 5 nitrogen and oxygen atoms in total. The number of aliphatic carboxylic acids is 1. The molecule has 0 fully saturated rings. The van der Waals surface area contributed by atoms with Crippen molar-refractivity contribution in [2.75, 3.05) is 0 Å². The molecule has 0 heterocycles. The van der Waals surface area contributed by atoms with Gasteiger partial charge in [0.25, 0.3) is 0 Å². The van der Waals surface area contributed by atoms with Crippen molar-refractivity contribution >= 4 is 82.8 Å². The van der Waals surface area contributed by atoms with Crippen LogP contribution in [0.3, 0.4) is 0 Å². The van der Waals surface area contributed by atoms with Crippen LogP contribution in [0.2, 0.25) is 0 Å². The topological polar surface area (TPSA) is 94.8 Å². The molecule has 0 bridgehead atoms. The van der Waals surface area contributed by atoms with E-state index >= 15 is 0 Å². The van der Waals surface area contributed by atoms with E-state index in [1.54, 1.807) is 30.0 Å². The van der Waals surface area contributed by atoms with E-state index in [0.717, 1.165) is 17.5 Å². The van der Waals surface area contributed by atoms with Crippen molar-refractivity contribution in [1.82, 2.24) is 0 Å². The number of hydrogen-bond donors (Lipinski definition) is 3. The average molecular weight is 549 g/mol. The molecular weight excluding hydrogens is 506 g/mol. The van der Waals surface area contributed by atoms with Crippen LogP contribution in [0, 0.1) is 0 Å². The van der Waals surface area contributed by atoms with Gasteiger partial charge in [-0.1, -0.05) is 81.8 Å². The SMILES string of the molecule is CCCCCCCCCc1ccc(C(SCc2cccc(C(=O)O)c2)C(O)CCCC(=O)O)cc1.[NaH].[NaH]. The summed E-state index contributed by atoms with van der Waals surface area (Å²) < 4.78 is 0. The van der Waals surface area contributed by atoms with Gasteiger partial charge in [0.05, 0.1) is 16.9 Å². The molecule has 0 aliphatic rings. The van der Waals surface area contributed by atoms with Crippen LogP contribution in [0.5, 0.6) is 0 Å². The zero-order valence-electron chi connectivity index (χ0n) is 20.8. The molecule has 8 heteroatoms. The Morgan fingerprint density at radius 3 is 2.11 bits per heavy atom. The predicted octanol–water partition coefficient (Wildman–Crippen LogP) is 5.97. The fraction of sp³-hybridized carbons (Fsp3) is 0.517. The van der Waals surface area contributed by atoms with Gasteiger partial charge < -0.3 is 15.3 Å². The number of benzene rings is 2. The van der Waals surface area contributed by atoms with Crippen molar-refractivity contribution < 1.29 is 24.9 Å². The first kappa shape index (κ1) is 36.7. The molecule has 2 atom stereocenters. The third-order valence-electron chi connectivity index (χ3n) is 6.22. The maximum atomic E-state index is 11.3. The van der Waals surface area contributed by atoms with Crippen molar-refractivity contribution in [1.29, 1.82) is 0 Å². The van der Waals surface area contributed by atoms with E-state index in [2.05, 4.69) is 31.2 Å². The second kappa shape index (κ2) is 21.5. The minimum atomic E-state index is -0.960.